The number of carbonyl (C=O) groups is 1. The molecule has 1 saturated heterocycles. The Morgan fingerprint density at radius 2 is 1.58 bits per heavy atom. The molecule has 1 fully saturated rings. The van der Waals surface area contributed by atoms with E-state index in [2.05, 4.69) is 55.3 Å². The highest BCUT2D eigenvalue weighted by molar-refractivity contribution is 6.88. The third-order valence-electron chi connectivity index (χ3n) is 5.23. The van der Waals surface area contributed by atoms with E-state index in [1.165, 1.54) is 12.1 Å². The van der Waals surface area contributed by atoms with Gasteiger partial charge in [-0.15, -0.1) is 0 Å². The SMILES string of the molecule is CC(=O)NCC(=Cc1ccc([Si](C)(C)C)cc1)B1OC(C)(C)C(C)(C)O1. The average Bonchev–Trinajstić information content (AvgIpc) is 2.71. The van der Waals surface area contributed by atoms with Crippen LogP contribution in [0.3, 0.4) is 0 Å². The summed E-state index contributed by atoms with van der Waals surface area (Å²) < 4.78 is 12.3. The number of carbonyl (C=O) groups excluding carboxylic acids is 1. The van der Waals surface area contributed by atoms with Crippen LogP contribution in [-0.2, 0) is 14.1 Å². The molecule has 4 nitrogen and oxygen atoms in total. The van der Waals surface area contributed by atoms with Crippen LogP contribution >= 0.6 is 0 Å². The zero-order valence-corrected chi connectivity index (χ0v) is 18.4. The smallest absolute Gasteiger partial charge is 0.400 e. The molecule has 1 aromatic rings. The number of amides is 1. The Hall–Kier alpha value is -1.37. The third kappa shape index (κ3) is 4.87. The van der Waals surface area contributed by atoms with E-state index in [4.69, 9.17) is 9.31 Å². The molecule has 142 valence electrons. The molecule has 0 atom stereocenters. The van der Waals surface area contributed by atoms with Crippen LogP contribution in [0.15, 0.2) is 29.7 Å². The lowest BCUT2D eigenvalue weighted by Gasteiger charge is -2.32. The highest BCUT2D eigenvalue weighted by Gasteiger charge is 2.52. The number of benzene rings is 1. The van der Waals surface area contributed by atoms with Gasteiger partial charge in [0.15, 0.2) is 0 Å². The maximum Gasteiger partial charge on any atom is 0.492 e. The van der Waals surface area contributed by atoms with Crippen molar-refractivity contribution in [3.8, 4) is 0 Å². The van der Waals surface area contributed by atoms with Gasteiger partial charge in [0, 0.05) is 13.5 Å². The Bertz CT molecular complexity index is 674. The minimum Gasteiger partial charge on any atom is -0.400 e. The quantitative estimate of drug-likeness (QED) is 0.805. The minimum absolute atomic E-state index is 0.0681. The van der Waals surface area contributed by atoms with Gasteiger partial charge in [0.2, 0.25) is 5.91 Å². The van der Waals surface area contributed by atoms with Crippen molar-refractivity contribution in [2.75, 3.05) is 6.54 Å². The van der Waals surface area contributed by atoms with Gasteiger partial charge in [-0.3, -0.25) is 4.79 Å². The summed E-state index contributed by atoms with van der Waals surface area (Å²) >= 11 is 0. The van der Waals surface area contributed by atoms with E-state index >= 15 is 0 Å². The third-order valence-corrected chi connectivity index (χ3v) is 7.29. The molecule has 1 heterocycles. The minimum atomic E-state index is -1.32. The van der Waals surface area contributed by atoms with Gasteiger partial charge in [-0.05, 0) is 38.7 Å². The maximum absolute atomic E-state index is 11.4. The first-order valence-corrected chi connectivity index (χ1v) is 12.7. The first-order valence-electron chi connectivity index (χ1n) is 9.23. The fraction of sp³-hybridized carbons (Fsp3) is 0.550. The Kier molecular flexibility index (Phi) is 5.90. The molecule has 0 saturated carbocycles. The molecule has 6 heteroatoms. The first-order chi connectivity index (χ1) is 11.8. The van der Waals surface area contributed by atoms with E-state index in [1.54, 1.807) is 0 Å². The summed E-state index contributed by atoms with van der Waals surface area (Å²) in [5, 5.41) is 4.30. The maximum atomic E-state index is 11.4. The average molecular weight is 373 g/mol. The van der Waals surface area contributed by atoms with Crippen LogP contribution in [0.25, 0.3) is 6.08 Å². The van der Waals surface area contributed by atoms with Gasteiger partial charge in [-0.25, -0.2) is 0 Å². The molecule has 0 aliphatic carbocycles. The van der Waals surface area contributed by atoms with Crippen LogP contribution in [0.4, 0.5) is 0 Å². The highest BCUT2D eigenvalue weighted by Crippen LogP contribution is 2.38. The summed E-state index contributed by atoms with van der Waals surface area (Å²) in [5.41, 5.74) is 1.19. The van der Waals surface area contributed by atoms with Gasteiger partial charge in [-0.1, -0.05) is 55.2 Å². The predicted molar refractivity (Wildman–Crippen MR) is 112 cm³/mol. The summed E-state index contributed by atoms with van der Waals surface area (Å²) in [6, 6.07) is 8.68. The Balaban J connectivity index is 2.30. The number of rotatable bonds is 5. The Morgan fingerprint density at radius 1 is 1.08 bits per heavy atom. The van der Waals surface area contributed by atoms with E-state index in [0.717, 1.165) is 11.0 Å². The van der Waals surface area contributed by atoms with Crippen molar-refractivity contribution in [2.24, 2.45) is 0 Å². The first kappa shape index (κ1) is 20.9. The van der Waals surface area contributed by atoms with E-state index in [0.29, 0.717) is 6.54 Å². The Labute approximate surface area is 159 Å². The molecule has 0 unspecified atom stereocenters. The summed E-state index contributed by atoms with van der Waals surface area (Å²) in [6.07, 6.45) is 2.06. The molecule has 0 bridgehead atoms. The van der Waals surface area contributed by atoms with Gasteiger partial charge in [0.1, 0.15) is 0 Å². The van der Waals surface area contributed by atoms with E-state index in [1.807, 2.05) is 27.7 Å². The predicted octanol–water partition coefficient (Wildman–Crippen LogP) is 3.38. The molecule has 0 radical (unpaired) electrons. The molecule has 1 amide bonds. The highest BCUT2D eigenvalue weighted by atomic mass is 28.3. The van der Waals surface area contributed by atoms with E-state index < -0.39 is 26.4 Å². The van der Waals surface area contributed by atoms with E-state index in [9.17, 15) is 4.79 Å². The molecule has 1 N–H and O–H groups in total. The van der Waals surface area contributed by atoms with Crippen molar-refractivity contribution in [2.45, 2.75) is 65.5 Å². The van der Waals surface area contributed by atoms with Crippen molar-refractivity contribution >= 4 is 32.4 Å². The molecule has 2 rings (SSSR count). The molecule has 0 aromatic heterocycles. The van der Waals surface area contributed by atoms with Gasteiger partial charge in [0.25, 0.3) is 0 Å². The fourth-order valence-corrected chi connectivity index (χ4v) is 3.88. The monoisotopic (exact) mass is 373 g/mol. The largest absolute Gasteiger partial charge is 0.492 e. The van der Waals surface area contributed by atoms with Crippen molar-refractivity contribution in [3.63, 3.8) is 0 Å². The normalized spacial score (nSPS) is 19.5. The van der Waals surface area contributed by atoms with Crippen LogP contribution in [-0.4, -0.2) is 38.8 Å². The summed E-state index contributed by atoms with van der Waals surface area (Å²) in [5.74, 6) is -0.0681. The van der Waals surface area contributed by atoms with Crippen LogP contribution in [0, 0.1) is 0 Å². The van der Waals surface area contributed by atoms with Crippen molar-refractivity contribution in [1.29, 1.82) is 0 Å². The van der Waals surface area contributed by atoms with Crippen LogP contribution in [0.2, 0.25) is 19.6 Å². The molecular weight excluding hydrogens is 341 g/mol. The number of hydrogen-bond acceptors (Lipinski definition) is 3. The summed E-state index contributed by atoms with van der Waals surface area (Å²) in [6.45, 7) is 17.1. The lowest BCUT2D eigenvalue weighted by atomic mass is 9.77. The van der Waals surface area contributed by atoms with Gasteiger partial charge >= 0.3 is 7.12 Å². The zero-order chi connectivity index (χ0) is 19.8. The van der Waals surface area contributed by atoms with Gasteiger partial charge in [-0.2, -0.15) is 0 Å². The molecule has 1 aromatic carbocycles. The topological polar surface area (TPSA) is 47.6 Å². The van der Waals surface area contributed by atoms with Crippen molar-refractivity contribution < 1.29 is 14.1 Å². The van der Waals surface area contributed by atoms with Crippen LogP contribution < -0.4 is 10.5 Å². The zero-order valence-electron chi connectivity index (χ0n) is 17.4. The second-order valence-electron chi connectivity index (χ2n) is 9.09. The fourth-order valence-electron chi connectivity index (χ4n) is 2.72. The van der Waals surface area contributed by atoms with Gasteiger partial charge in [0.05, 0.1) is 19.3 Å². The standard InChI is InChI=1S/C20H32BNO3Si/c1-15(23)22-14-17(21-24-19(2,3)20(4,5)25-21)13-16-9-11-18(12-10-16)26(6,7)8/h9-13H,14H2,1-8H3,(H,22,23). The Morgan fingerprint density at radius 3 is 2.00 bits per heavy atom. The van der Waals surface area contributed by atoms with Crippen molar-refractivity contribution in [1.82, 2.24) is 5.32 Å². The lowest BCUT2D eigenvalue weighted by Crippen LogP contribution is -2.41. The van der Waals surface area contributed by atoms with Gasteiger partial charge < -0.3 is 14.6 Å². The lowest BCUT2D eigenvalue weighted by molar-refractivity contribution is -0.118. The van der Waals surface area contributed by atoms with Crippen LogP contribution in [0.5, 0.6) is 0 Å². The van der Waals surface area contributed by atoms with Crippen LogP contribution in [0.1, 0.15) is 40.2 Å². The number of hydrogen-bond donors (Lipinski definition) is 1. The molecule has 0 spiro atoms. The molecular formula is C20H32BNO3Si. The molecule has 1 aliphatic heterocycles. The second-order valence-corrected chi connectivity index (χ2v) is 14.2. The second kappa shape index (κ2) is 7.33. The van der Waals surface area contributed by atoms with E-state index in [-0.39, 0.29) is 5.91 Å². The molecule has 1 aliphatic rings. The summed E-state index contributed by atoms with van der Waals surface area (Å²) in [7, 11) is -1.79. The number of nitrogens with one attached hydrogen (secondary N) is 1. The molecule has 26 heavy (non-hydrogen) atoms. The van der Waals surface area contributed by atoms with Crippen molar-refractivity contribution in [3.05, 3.63) is 35.3 Å². The summed E-state index contributed by atoms with van der Waals surface area (Å²) in [4.78, 5) is 11.4.